The Morgan fingerprint density at radius 1 is 1.06 bits per heavy atom. The first-order valence-electron chi connectivity index (χ1n) is 9.35. The molecule has 0 bridgehead atoms. The molecule has 10 heteroatoms. The number of amides is 2. The molecule has 0 saturated heterocycles. The first-order valence-corrected chi connectivity index (χ1v) is 11.2. The predicted molar refractivity (Wildman–Crippen MR) is 109 cm³/mol. The van der Waals surface area contributed by atoms with Gasteiger partial charge in [-0.2, -0.15) is 8.42 Å². The lowest BCUT2D eigenvalue weighted by atomic mass is 9.92. The molecule has 0 aromatic heterocycles. The van der Waals surface area contributed by atoms with Crippen LogP contribution in [-0.2, 0) is 23.9 Å². The van der Waals surface area contributed by atoms with E-state index in [1.54, 1.807) is 18.2 Å². The first kappa shape index (κ1) is 22.3. The van der Waals surface area contributed by atoms with Gasteiger partial charge in [-0.25, -0.2) is 4.79 Å². The summed E-state index contributed by atoms with van der Waals surface area (Å²) < 4.78 is 37.2. The van der Waals surface area contributed by atoms with Crippen molar-refractivity contribution in [3.8, 4) is 11.8 Å². The van der Waals surface area contributed by atoms with E-state index in [0.717, 1.165) is 19.1 Å². The molecule has 0 saturated carbocycles. The van der Waals surface area contributed by atoms with Crippen LogP contribution >= 0.6 is 0 Å². The van der Waals surface area contributed by atoms with Gasteiger partial charge in [0.25, 0.3) is 21.9 Å². The zero-order valence-corrected chi connectivity index (χ0v) is 17.7. The minimum absolute atomic E-state index is 0.107. The van der Waals surface area contributed by atoms with E-state index in [1.807, 2.05) is 6.92 Å². The molecule has 0 radical (unpaired) electrons. The van der Waals surface area contributed by atoms with Crippen molar-refractivity contribution in [1.82, 2.24) is 5.06 Å². The molecule has 3 rings (SSSR count). The van der Waals surface area contributed by atoms with E-state index in [4.69, 9.17) is 9.47 Å². The normalized spacial score (nSPS) is 13.0. The van der Waals surface area contributed by atoms with Crippen LogP contribution in [0, 0.1) is 11.8 Å². The Labute approximate surface area is 178 Å². The van der Waals surface area contributed by atoms with E-state index < -0.39 is 28.1 Å². The highest BCUT2D eigenvalue weighted by molar-refractivity contribution is 7.85. The molecule has 162 valence electrons. The van der Waals surface area contributed by atoms with E-state index in [0.29, 0.717) is 16.3 Å². The lowest BCUT2D eigenvalue weighted by Crippen LogP contribution is -2.41. The number of hydrogen-bond donors (Lipinski definition) is 0. The summed E-state index contributed by atoms with van der Waals surface area (Å²) in [5.74, 6) is 3.76. The van der Waals surface area contributed by atoms with Crippen molar-refractivity contribution < 1.29 is 36.6 Å². The van der Waals surface area contributed by atoms with Gasteiger partial charge in [0, 0.05) is 10.9 Å². The summed E-state index contributed by atoms with van der Waals surface area (Å²) in [5.41, 5.74) is 0.715. The molecular formula is C21H19NO8S. The van der Waals surface area contributed by atoms with Crippen LogP contribution in [0.4, 0.5) is 4.79 Å². The molecule has 0 aliphatic carbocycles. The third-order valence-electron chi connectivity index (χ3n) is 4.28. The van der Waals surface area contributed by atoms with Crippen LogP contribution < -0.4 is 0 Å². The van der Waals surface area contributed by atoms with Gasteiger partial charge >= 0.3 is 6.16 Å². The van der Waals surface area contributed by atoms with Gasteiger partial charge in [-0.1, -0.05) is 37.3 Å². The Morgan fingerprint density at radius 3 is 2.45 bits per heavy atom. The number of benzene rings is 2. The number of hydrogen-bond acceptors (Lipinski definition) is 8. The van der Waals surface area contributed by atoms with Gasteiger partial charge in [-0.3, -0.25) is 9.59 Å². The quantitative estimate of drug-likeness (QED) is 0.288. The van der Waals surface area contributed by atoms with Crippen LogP contribution in [0.2, 0.25) is 0 Å². The molecule has 31 heavy (non-hydrogen) atoms. The van der Waals surface area contributed by atoms with Crippen LogP contribution in [0.15, 0.2) is 30.3 Å². The SMILES string of the molecule is CCCCOC(=O)OCC#Cc1ccc2c3c(cccc13)C(=O)N(OS(C)(=O)=O)C2=O. The first-order chi connectivity index (χ1) is 14.7. The second-order valence-corrected chi connectivity index (χ2v) is 8.17. The van der Waals surface area contributed by atoms with Gasteiger partial charge in [0.1, 0.15) is 0 Å². The maximum Gasteiger partial charge on any atom is 0.509 e. The van der Waals surface area contributed by atoms with Gasteiger partial charge < -0.3 is 9.47 Å². The van der Waals surface area contributed by atoms with Gasteiger partial charge in [0.15, 0.2) is 6.61 Å². The topological polar surface area (TPSA) is 116 Å². The second kappa shape index (κ2) is 9.16. The number of nitrogens with zero attached hydrogens (tertiary/aromatic N) is 1. The summed E-state index contributed by atoms with van der Waals surface area (Å²) in [5, 5.41) is 1.10. The van der Waals surface area contributed by atoms with E-state index >= 15 is 0 Å². The van der Waals surface area contributed by atoms with Crippen LogP contribution in [0.25, 0.3) is 10.8 Å². The van der Waals surface area contributed by atoms with Gasteiger partial charge in [0.05, 0.1) is 24.0 Å². The summed E-state index contributed by atoms with van der Waals surface area (Å²) in [7, 11) is -4.09. The Hall–Kier alpha value is -3.42. The van der Waals surface area contributed by atoms with Crippen LogP contribution in [-0.4, -0.2) is 50.9 Å². The average molecular weight is 445 g/mol. The fourth-order valence-electron chi connectivity index (χ4n) is 2.95. The standard InChI is InChI=1S/C21H19NO8S/c1-3-4-12-28-21(25)29-13-6-7-14-10-11-17-18-15(14)8-5-9-16(18)19(23)22(20(17)24)30-31(2,26)27/h5,8-11H,3-4,12-13H2,1-2H3. The lowest BCUT2D eigenvalue weighted by molar-refractivity contribution is -0.0149. The Bertz CT molecular complexity index is 1200. The van der Waals surface area contributed by atoms with Crippen molar-refractivity contribution in [3.05, 3.63) is 47.0 Å². The van der Waals surface area contributed by atoms with Gasteiger partial charge in [0.2, 0.25) is 0 Å². The Morgan fingerprint density at radius 2 is 1.77 bits per heavy atom. The van der Waals surface area contributed by atoms with Crippen LogP contribution in [0.1, 0.15) is 46.0 Å². The van der Waals surface area contributed by atoms with E-state index in [1.165, 1.54) is 12.1 Å². The molecule has 0 unspecified atom stereocenters. The number of carbonyl (C=O) groups excluding carboxylic acids is 3. The summed E-state index contributed by atoms with van der Waals surface area (Å²) in [6, 6.07) is 7.72. The highest BCUT2D eigenvalue weighted by Gasteiger charge is 2.36. The maximum absolute atomic E-state index is 12.7. The number of carbonyl (C=O) groups is 3. The average Bonchev–Trinajstić information content (AvgIpc) is 2.72. The number of unbranched alkanes of at least 4 members (excludes halogenated alkanes) is 1. The summed E-state index contributed by atoms with van der Waals surface area (Å²) in [6.45, 7) is 2.05. The molecule has 9 nitrogen and oxygen atoms in total. The molecular weight excluding hydrogens is 426 g/mol. The fourth-order valence-corrected chi connectivity index (χ4v) is 3.36. The van der Waals surface area contributed by atoms with Crippen molar-refractivity contribution in [2.45, 2.75) is 19.8 Å². The molecule has 0 fully saturated rings. The third kappa shape index (κ3) is 5.02. The number of hydroxylamine groups is 2. The minimum atomic E-state index is -4.09. The Kier molecular flexibility index (Phi) is 6.58. The van der Waals surface area contributed by atoms with E-state index in [-0.39, 0.29) is 29.4 Å². The smallest absolute Gasteiger partial charge is 0.434 e. The molecule has 0 N–H and O–H groups in total. The van der Waals surface area contributed by atoms with E-state index in [2.05, 4.69) is 16.1 Å². The minimum Gasteiger partial charge on any atom is -0.434 e. The predicted octanol–water partition coefficient (Wildman–Crippen LogP) is 2.63. The van der Waals surface area contributed by atoms with Crippen LogP contribution in [0.5, 0.6) is 0 Å². The van der Waals surface area contributed by atoms with Crippen LogP contribution in [0.3, 0.4) is 0 Å². The molecule has 2 aromatic carbocycles. The maximum atomic E-state index is 12.7. The zero-order chi connectivity index (χ0) is 22.6. The molecule has 2 aromatic rings. The molecule has 0 spiro atoms. The van der Waals surface area contributed by atoms with Crippen molar-refractivity contribution in [3.63, 3.8) is 0 Å². The molecule has 1 aliphatic heterocycles. The lowest BCUT2D eigenvalue weighted by Gasteiger charge is -2.25. The van der Waals surface area contributed by atoms with Crippen molar-refractivity contribution >= 4 is 38.9 Å². The third-order valence-corrected chi connectivity index (χ3v) is 4.70. The summed E-state index contributed by atoms with van der Waals surface area (Å²) in [6.07, 6.45) is 1.57. The highest BCUT2D eigenvalue weighted by atomic mass is 32.2. The number of ether oxygens (including phenoxy) is 2. The van der Waals surface area contributed by atoms with Crippen molar-refractivity contribution in [2.75, 3.05) is 19.5 Å². The fraction of sp³-hybridized carbons (Fsp3) is 0.286. The molecule has 1 aliphatic rings. The Balaban J connectivity index is 1.87. The van der Waals surface area contributed by atoms with E-state index in [9.17, 15) is 22.8 Å². The van der Waals surface area contributed by atoms with Crippen molar-refractivity contribution in [2.24, 2.45) is 0 Å². The molecule has 1 heterocycles. The number of rotatable bonds is 6. The summed E-state index contributed by atoms with van der Waals surface area (Å²) >= 11 is 0. The summed E-state index contributed by atoms with van der Waals surface area (Å²) in [4.78, 5) is 36.7. The highest BCUT2D eigenvalue weighted by Crippen LogP contribution is 2.32. The largest absolute Gasteiger partial charge is 0.509 e. The van der Waals surface area contributed by atoms with Crippen molar-refractivity contribution in [1.29, 1.82) is 0 Å². The van der Waals surface area contributed by atoms with Gasteiger partial charge in [-0.05, 0) is 30.0 Å². The number of imide groups is 1. The molecule has 2 amide bonds. The monoisotopic (exact) mass is 445 g/mol. The zero-order valence-electron chi connectivity index (χ0n) is 16.8. The van der Waals surface area contributed by atoms with Gasteiger partial charge in [-0.15, -0.1) is 9.35 Å². The second-order valence-electron chi connectivity index (χ2n) is 6.61. The molecule has 0 atom stereocenters.